The molecule has 1 aliphatic rings. The Hall–Kier alpha value is -2.14. The predicted molar refractivity (Wildman–Crippen MR) is 100 cm³/mol. The van der Waals surface area contributed by atoms with Crippen LogP contribution in [0.5, 0.6) is 0 Å². The molecule has 1 amide bonds. The van der Waals surface area contributed by atoms with Gasteiger partial charge in [-0.05, 0) is 57.3 Å². The molecule has 0 aliphatic carbocycles. The van der Waals surface area contributed by atoms with Crippen molar-refractivity contribution in [3.8, 4) is 5.69 Å². The van der Waals surface area contributed by atoms with Gasteiger partial charge in [-0.1, -0.05) is 25.1 Å². The van der Waals surface area contributed by atoms with Gasteiger partial charge in [0.15, 0.2) is 0 Å². The summed E-state index contributed by atoms with van der Waals surface area (Å²) in [6, 6.07) is 8.07. The van der Waals surface area contributed by atoms with Crippen LogP contribution in [0.3, 0.4) is 0 Å². The maximum Gasteiger partial charge on any atom is 0.254 e. The lowest BCUT2D eigenvalue weighted by atomic mass is 10.1. The topological polar surface area (TPSA) is 50.2 Å². The van der Waals surface area contributed by atoms with Crippen molar-refractivity contribution in [1.82, 2.24) is 20.0 Å². The minimum absolute atomic E-state index is 0.0365. The molecule has 25 heavy (non-hydrogen) atoms. The molecule has 0 bridgehead atoms. The highest BCUT2D eigenvalue weighted by atomic mass is 16.1. The lowest BCUT2D eigenvalue weighted by Gasteiger charge is -2.20. The third-order valence-electron chi connectivity index (χ3n) is 4.98. The quantitative estimate of drug-likeness (QED) is 0.879. The van der Waals surface area contributed by atoms with Gasteiger partial charge in [0.1, 0.15) is 0 Å². The number of para-hydroxylation sites is 1. The van der Waals surface area contributed by atoms with Crippen molar-refractivity contribution in [2.24, 2.45) is 5.92 Å². The summed E-state index contributed by atoms with van der Waals surface area (Å²) in [5, 5.41) is 7.50. The highest BCUT2D eigenvalue weighted by molar-refractivity contribution is 5.95. The average molecular weight is 340 g/mol. The predicted octanol–water partition coefficient (Wildman–Crippen LogP) is 2.95. The highest BCUT2D eigenvalue weighted by Gasteiger charge is 2.18. The first kappa shape index (κ1) is 17.7. The summed E-state index contributed by atoms with van der Waals surface area (Å²) in [7, 11) is 0. The number of aromatic nitrogens is 2. The normalized spacial score (nSPS) is 16.1. The Morgan fingerprint density at radius 3 is 2.68 bits per heavy atom. The number of nitrogens with one attached hydrogen (secondary N) is 1. The molecule has 0 unspecified atom stereocenters. The first-order valence-electron chi connectivity index (χ1n) is 9.17. The highest BCUT2D eigenvalue weighted by Crippen LogP contribution is 2.17. The van der Waals surface area contributed by atoms with Crippen molar-refractivity contribution in [2.45, 2.75) is 33.6 Å². The minimum atomic E-state index is -0.0365. The van der Waals surface area contributed by atoms with Gasteiger partial charge in [-0.15, -0.1) is 0 Å². The van der Waals surface area contributed by atoms with E-state index in [9.17, 15) is 4.79 Å². The number of carbonyl (C=O) groups excluding carboxylic acids is 1. The standard InChI is InChI=1S/C20H28N4O/c1-15(14-23-10-6-7-11-23)12-21-20(25)18-13-22-24(17(18)3)19-9-5-4-8-16(19)2/h4-5,8-9,13,15H,6-7,10-12,14H2,1-3H3,(H,21,25)/t15-/m0/s1. The Morgan fingerprint density at radius 1 is 1.24 bits per heavy atom. The lowest BCUT2D eigenvalue weighted by molar-refractivity contribution is 0.0944. The van der Waals surface area contributed by atoms with Gasteiger partial charge in [0.25, 0.3) is 5.91 Å². The fraction of sp³-hybridized carbons (Fsp3) is 0.500. The summed E-state index contributed by atoms with van der Waals surface area (Å²) >= 11 is 0. The second-order valence-corrected chi connectivity index (χ2v) is 7.16. The Labute approximate surface area is 150 Å². The van der Waals surface area contributed by atoms with Gasteiger partial charge in [0, 0.05) is 13.1 Å². The van der Waals surface area contributed by atoms with Gasteiger partial charge < -0.3 is 10.2 Å². The third kappa shape index (κ3) is 4.10. The van der Waals surface area contributed by atoms with Gasteiger partial charge in [-0.25, -0.2) is 4.68 Å². The third-order valence-corrected chi connectivity index (χ3v) is 4.98. The van der Waals surface area contributed by atoms with Gasteiger partial charge in [0.05, 0.1) is 23.1 Å². The number of hydrogen-bond donors (Lipinski definition) is 1. The fourth-order valence-electron chi connectivity index (χ4n) is 3.51. The number of benzene rings is 1. The van der Waals surface area contributed by atoms with E-state index in [4.69, 9.17) is 0 Å². The van der Waals surface area contributed by atoms with Crippen LogP contribution in [0.1, 0.15) is 41.4 Å². The van der Waals surface area contributed by atoms with Gasteiger partial charge in [0.2, 0.25) is 0 Å². The smallest absolute Gasteiger partial charge is 0.254 e. The van der Waals surface area contributed by atoms with Gasteiger partial charge >= 0.3 is 0 Å². The molecule has 2 aromatic rings. The van der Waals surface area contributed by atoms with Crippen LogP contribution in [0.2, 0.25) is 0 Å². The van der Waals surface area contributed by atoms with E-state index < -0.39 is 0 Å². The molecule has 1 saturated heterocycles. The summed E-state index contributed by atoms with van der Waals surface area (Å²) < 4.78 is 1.85. The van der Waals surface area contributed by atoms with E-state index in [0.29, 0.717) is 18.0 Å². The maximum atomic E-state index is 12.6. The fourth-order valence-corrected chi connectivity index (χ4v) is 3.51. The molecular formula is C20H28N4O. The number of aryl methyl sites for hydroxylation is 1. The zero-order valence-corrected chi connectivity index (χ0v) is 15.5. The summed E-state index contributed by atoms with van der Waals surface area (Å²) in [5.41, 5.74) is 3.68. The van der Waals surface area contributed by atoms with E-state index in [-0.39, 0.29) is 5.91 Å². The minimum Gasteiger partial charge on any atom is -0.352 e. The number of carbonyl (C=O) groups is 1. The number of amides is 1. The molecular weight excluding hydrogens is 312 g/mol. The lowest BCUT2D eigenvalue weighted by Crippen LogP contribution is -2.34. The summed E-state index contributed by atoms with van der Waals surface area (Å²) in [6.45, 7) is 10.3. The summed E-state index contributed by atoms with van der Waals surface area (Å²) in [5.74, 6) is 0.416. The van der Waals surface area contributed by atoms with Crippen molar-refractivity contribution in [3.05, 3.63) is 47.3 Å². The van der Waals surface area contributed by atoms with E-state index in [1.54, 1.807) is 6.20 Å². The van der Waals surface area contributed by atoms with Crippen molar-refractivity contribution >= 4 is 5.91 Å². The molecule has 134 valence electrons. The molecule has 0 saturated carbocycles. The van der Waals surface area contributed by atoms with E-state index in [1.807, 2.05) is 29.8 Å². The largest absolute Gasteiger partial charge is 0.352 e. The molecule has 0 radical (unpaired) electrons. The van der Waals surface area contributed by atoms with E-state index in [1.165, 1.54) is 25.9 Å². The van der Waals surface area contributed by atoms with E-state index >= 15 is 0 Å². The van der Waals surface area contributed by atoms with Crippen LogP contribution in [0.25, 0.3) is 5.69 Å². The molecule has 5 nitrogen and oxygen atoms in total. The molecule has 2 heterocycles. The summed E-state index contributed by atoms with van der Waals surface area (Å²) in [4.78, 5) is 15.0. The molecule has 1 atom stereocenters. The number of hydrogen-bond acceptors (Lipinski definition) is 3. The zero-order valence-electron chi connectivity index (χ0n) is 15.5. The first-order valence-corrected chi connectivity index (χ1v) is 9.17. The molecule has 1 aromatic heterocycles. The number of likely N-dealkylation sites (tertiary alicyclic amines) is 1. The second kappa shape index (κ2) is 7.83. The molecule has 5 heteroatoms. The van der Waals surface area contributed by atoms with Crippen LogP contribution in [0.15, 0.2) is 30.5 Å². The average Bonchev–Trinajstić information content (AvgIpc) is 3.23. The second-order valence-electron chi connectivity index (χ2n) is 7.16. The Kier molecular flexibility index (Phi) is 5.53. The van der Waals surface area contributed by atoms with Crippen LogP contribution in [-0.4, -0.2) is 46.8 Å². The van der Waals surface area contributed by atoms with Crippen LogP contribution in [0, 0.1) is 19.8 Å². The van der Waals surface area contributed by atoms with Crippen molar-refractivity contribution in [2.75, 3.05) is 26.2 Å². The zero-order chi connectivity index (χ0) is 17.8. The summed E-state index contributed by atoms with van der Waals surface area (Å²) in [6.07, 6.45) is 4.27. The Balaban J connectivity index is 1.62. The van der Waals surface area contributed by atoms with Gasteiger partial charge in [-0.3, -0.25) is 4.79 Å². The van der Waals surface area contributed by atoms with Crippen LogP contribution >= 0.6 is 0 Å². The van der Waals surface area contributed by atoms with E-state index in [2.05, 4.69) is 35.2 Å². The molecule has 1 fully saturated rings. The molecule has 1 N–H and O–H groups in total. The molecule has 1 aromatic carbocycles. The first-order chi connectivity index (χ1) is 12.1. The molecule has 1 aliphatic heterocycles. The van der Waals surface area contributed by atoms with Gasteiger partial charge in [-0.2, -0.15) is 5.10 Å². The molecule has 0 spiro atoms. The number of rotatable bonds is 6. The monoisotopic (exact) mass is 340 g/mol. The van der Waals surface area contributed by atoms with Crippen LogP contribution < -0.4 is 5.32 Å². The maximum absolute atomic E-state index is 12.6. The van der Waals surface area contributed by atoms with E-state index in [0.717, 1.165) is 23.5 Å². The number of nitrogens with zero attached hydrogens (tertiary/aromatic N) is 3. The SMILES string of the molecule is Cc1ccccc1-n1ncc(C(=O)NC[C@H](C)CN2CCCC2)c1C. The van der Waals surface area contributed by atoms with Crippen molar-refractivity contribution in [3.63, 3.8) is 0 Å². The van der Waals surface area contributed by atoms with Crippen molar-refractivity contribution in [1.29, 1.82) is 0 Å². The Morgan fingerprint density at radius 2 is 1.96 bits per heavy atom. The molecule has 3 rings (SSSR count). The van der Waals surface area contributed by atoms with Crippen LogP contribution in [-0.2, 0) is 0 Å². The van der Waals surface area contributed by atoms with Crippen LogP contribution in [0.4, 0.5) is 0 Å². The van der Waals surface area contributed by atoms with Crippen molar-refractivity contribution < 1.29 is 4.79 Å². The Bertz CT molecular complexity index is 731.